The van der Waals surface area contributed by atoms with Gasteiger partial charge >= 0.3 is 6.18 Å². The minimum Gasteiger partial charge on any atom is -0.324 e. The molecule has 0 unspecified atom stereocenters. The molecule has 0 aliphatic heterocycles. The van der Waals surface area contributed by atoms with Crippen molar-refractivity contribution in [3.8, 4) is 11.5 Å². The molecule has 0 saturated heterocycles. The number of fused-ring (bicyclic) bond motifs is 1. The lowest BCUT2D eigenvalue weighted by atomic mass is 10.3. The third kappa shape index (κ3) is 2.77. The van der Waals surface area contributed by atoms with E-state index >= 15 is 0 Å². The Morgan fingerprint density at radius 3 is 2.48 bits per heavy atom. The van der Waals surface area contributed by atoms with Crippen LogP contribution in [0.5, 0.6) is 0 Å². The van der Waals surface area contributed by atoms with E-state index in [4.69, 9.17) is 0 Å². The molecule has 0 amide bonds. The van der Waals surface area contributed by atoms with Gasteiger partial charge in [0.05, 0.1) is 29.3 Å². The summed E-state index contributed by atoms with van der Waals surface area (Å²) in [5, 5.41) is -0.0302. The van der Waals surface area contributed by atoms with Crippen molar-refractivity contribution < 1.29 is 21.6 Å². The van der Waals surface area contributed by atoms with Crippen LogP contribution in [-0.2, 0) is 30.1 Å². The number of aryl methyl sites for hydroxylation is 2. The van der Waals surface area contributed by atoms with Crippen molar-refractivity contribution in [3.63, 3.8) is 0 Å². The molecule has 134 valence electrons. The lowest BCUT2D eigenvalue weighted by molar-refractivity contribution is -0.141. The zero-order valence-corrected chi connectivity index (χ0v) is 14.4. The fourth-order valence-electron chi connectivity index (χ4n) is 2.53. The van der Waals surface area contributed by atoms with Crippen LogP contribution in [-0.4, -0.2) is 38.3 Å². The largest absolute Gasteiger partial charge is 0.433 e. The van der Waals surface area contributed by atoms with E-state index in [-0.39, 0.29) is 27.8 Å². The Morgan fingerprint density at radius 2 is 1.88 bits per heavy atom. The summed E-state index contributed by atoms with van der Waals surface area (Å²) in [7, 11) is -0.500. The summed E-state index contributed by atoms with van der Waals surface area (Å²) in [6.45, 7) is 1.50. The van der Waals surface area contributed by atoms with E-state index in [0.29, 0.717) is 5.52 Å². The predicted octanol–water partition coefficient (Wildman–Crippen LogP) is 2.18. The van der Waals surface area contributed by atoms with Crippen LogP contribution in [0.2, 0.25) is 0 Å². The van der Waals surface area contributed by atoms with Crippen molar-refractivity contribution in [2.45, 2.75) is 18.1 Å². The topological polar surface area (TPSA) is 82.7 Å². The number of alkyl halides is 3. The van der Waals surface area contributed by atoms with Crippen LogP contribution >= 0.6 is 0 Å². The number of imidazole rings is 2. The van der Waals surface area contributed by atoms with E-state index in [1.54, 1.807) is 7.05 Å². The van der Waals surface area contributed by atoms with Gasteiger partial charge in [-0.25, -0.2) is 23.4 Å². The average Bonchev–Trinajstić information content (AvgIpc) is 3.07. The number of hydrogen-bond donors (Lipinski definition) is 0. The monoisotopic (exact) mass is 373 g/mol. The minimum absolute atomic E-state index is 0.0302. The third-order valence-electron chi connectivity index (χ3n) is 3.83. The summed E-state index contributed by atoms with van der Waals surface area (Å²) >= 11 is 0. The molecule has 0 aliphatic carbocycles. The lowest BCUT2D eigenvalue weighted by Gasteiger charge is -2.06. The molecule has 0 atom stereocenters. The molecule has 3 aromatic rings. The first-order valence-electron chi connectivity index (χ1n) is 7.20. The van der Waals surface area contributed by atoms with Gasteiger partial charge in [0.2, 0.25) is 0 Å². The Kier molecular flexibility index (Phi) is 3.86. The summed E-state index contributed by atoms with van der Waals surface area (Å²) in [5.74, 6) is 0.0206. The molecular formula is C14H14F3N5O2S. The molecule has 0 spiro atoms. The van der Waals surface area contributed by atoms with Gasteiger partial charge in [-0.05, 0) is 6.07 Å². The molecule has 3 rings (SSSR count). The summed E-state index contributed by atoms with van der Waals surface area (Å²) in [6, 6.07) is 0.829. The Balaban J connectivity index is 2.27. The number of aromatic nitrogens is 5. The van der Waals surface area contributed by atoms with E-state index in [0.717, 1.165) is 12.3 Å². The van der Waals surface area contributed by atoms with Crippen molar-refractivity contribution in [1.82, 2.24) is 24.1 Å². The van der Waals surface area contributed by atoms with E-state index in [2.05, 4.69) is 15.0 Å². The highest BCUT2D eigenvalue weighted by Gasteiger charge is 2.33. The number of hydrogen-bond acceptors (Lipinski definition) is 5. The first-order valence-corrected chi connectivity index (χ1v) is 8.85. The molecule has 11 heteroatoms. The van der Waals surface area contributed by atoms with E-state index in [1.165, 1.54) is 29.4 Å². The number of halogens is 3. The summed E-state index contributed by atoms with van der Waals surface area (Å²) in [6.07, 6.45) is -2.20. The Morgan fingerprint density at radius 1 is 1.20 bits per heavy atom. The van der Waals surface area contributed by atoms with Gasteiger partial charge in [0.25, 0.3) is 0 Å². The van der Waals surface area contributed by atoms with Crippen molar-refractivity contribution in [2.75, 3.05) is 5.75 Å². The van der Waals surface area contributed by atoms with Gasteiger partial charge in [0, 0.05) is 14.1 Å². The first-order chi connectivity index (χ1) is 11.6. The number of nitrogens with zero attached hydrogens (tertiary/aromatic N) is 5. The van der Waals surface area contributed by atoms with Crippen LogP contribution in [0.3, 0.4) is 0 Å². The molecule has 25 heavy (non-hydrogen) atoms. The average molecular weight is 373 g/mol. The molecular weight excluding hydrogens is 359 g/mol. The van der Waals surface area contributed by atoms with Crippen LogP contribution in [0, 0.1) is 0 Å². The minimum atomic E-state index is -4.59. The maximum atomic E-state index is 12.8. The number of pyridine rings is 1. The molecule has 3 aromatic heterocycles. The van der Waals surface area contributed by atoms with Gasteiger partial charge in [-0.15, -0.1) is 0 Å². The second kappa shape index (κ2) is 5.55. The number of sulfone groups is 1. The summed E-state index contributed by atoms with van der Waals surface area (Å²) in [4.78, 5) is 11.7. The Bertz CT molecular complexity index is 1070. The maximum absolute atomic E-state index is 12.8. The van der Waals surface area contributed by atoms with E-state index < -0.39 is 21.7 Å². The molecule has 0 bridgehead atoms. The molecule has 0 N–H and O–H groups in total. The van der Waals surface area contributed by atoms with Crippen LogP contribution in [0.15, 0.2) is 23.6 Å². The molecule has 0 radical (unpaired) electrons. The van der Waals surface area contributed by atoms with Gasteiger partial charge in [0.1, 0.15) is 11.4 Å². The fraction of sp³-hybridized carbons (Fsp3) is 0.357. The van der Waals surface area contributed by atoms with Crippen molar-refractivity contribution >= 4 is 20.9 Å². The number of rotatable bonds is 3. The zero-order chi connectivity index (χ0) is 18.6. The van der Waals surface area contributed by atoms with Crippen LogP contribution < -0.4 is 0 Å². The highest BCUT2D eigenvalue weighted by molar-refractivity contribution is 7.91. The summed E-state index contributed by atoms with van der Waals surface area (Å²) in [5.41, 5.74) is -0.567. The van der Waals surface area contributed by atoms with E-state index in [1.807, 2.05) is 0 Å². The molecule has 0 fully saturated rings. The van der Waals surface area contributed by atoms with Crippen molar-refractivity contribution in [1.29, 1.82) is 0 Å². The summed E-state index contributed by atoms with van der Waals surface area (Å²) < 4.78 is 66.0. The van der Waals surface area contributed by atoms with Crippen LogP contribution in [0.1, 0.15) is 12.6 Å². The van der Waals surface area contributed by atoms with Gasteiger partial charge in [0.15, 0.2) is 20.7 Å². The lowest BCUT2D eigenvalue weighted by Crippen LogP contribution is -2.11. The van der Waals surface area contributed by atoms with Crippen LogP contribution in [0.25, 0.3) is 22.6 Å². The second-order valence-corrected chi connectivity index (χ2v) is 7.66. The van der Waals surface area contributed by atoms with Crippen LogP contribution in [0.4, 0.5) is 13.2 Å². The zero-order valence-electron chi connectivity index (χ0n) is 13.5. The van der Waals surface area contributed by atoms with Gasteiger partial charge in [-0.3, -0.25) is 0 Å². The van der Waals surface area contributed by atoms with E-state index in [9.17, 15) is 21.6 Å². The normalized spacial score (nSPS) is 12.9. The van der Waals surface area contributed by atoms with Crippen molar-refractivity contribution in [3.05, 3.63) is 24.3 Å². The first kappa shape index (κ1) is 17.4. The van der Waals surface area contributed by atoms with Crippen molar-refractivity contribution in [2.24, 2.45) is 14.1 Å². The Labute approximate surface area is 141 Å². The highest BCUT2D eigenvalue weighted by atomic mass is 32.2. The second-order valence-electron chi connectivity index (χ2n) is 5.46. The molecule has 0 saturated carbocycles. The Hall–Kier alpha value is -2.43. The third-order valence-corrected chi connectivity index (χ3v) is 5.66. The fourth-order valence-corrected chi connectivity index (χ4v) is 3.73. The molecule has 3 heterocycles. The molecule has 0 aliphatic rings. The molecule has 7 nitrogen and oxygen atoms in total. The van der Waals surface area contributed by atoms with Gasteiger partial charge < -0.3 is 9.13 Å². The predicted molar refractivity (Wildman–Crippen MR) is 83.4 cm³/mol. The standard InChI is InChI=1S/C14H14F3N5O2S/c1-4-25(23,24)13-11(19-7-21(13)2)12-20-8-5-10(14(15,16)17)18-6-9(8)22(12)3/h5-7H,4H2,1-3H3. The molecule has 0 aromatic carbocycles. The highest BCUT2D eigenvalue weighted by Crippen LogP contribution is 2.32. The van der Waals surface area contributed by atoms with Gasteiger partial charge in [-0.2, -0.15) is 13.2 Å². The van der Waals surface area contributed by atoms with Gasteiger partial charge in [-0.1, -0.05) is 6.92 Å². The smallest absolute Gasteiger partial charge is 0.324 e. The maximum Gasteiger partial charge on any atom is 0.433 e. The SMILES string of the molecule is CCS(=O)(=O)c1c(-c2nc3cc(C(F)(F)F)ncc3n2C)ncn1C. The quantitative estimate of drug-likeness (QED) is 0.703.